The van der Waals surface area contributed by atoms with E-state index in [-0.39, 0.29) is 25.0 Å². The van der Waals surface area contributed by atoms with E-state index in [1.807, 2.05) is 0 Å². The number of rotatable bonds is 4. The van der Waals surface area contributed by atoms with E-state index in [4.69, 9.17) is 5.73 Å². The van der Waals surface area contributed by atoms with Crippen molar-refractivity contribution in [3.05, 3.63) is 0 Å². The predicted molar refractivity (Wildman–Crippen MR) is 56.3 cm³/mol. The van der Waals surface area contributed by atoms with E-state index in [1.165, 1.54) is 4.72 Å². The van der Waals surface area contributed by atoms with Crippen LogP contribution < -0.4 is 10.5 Å². The van der Waals surface area contributed by atoms with Crippen LogP contribution in [0.2, 0.25) is 0 Å². The fraction of sp³-hybridized carbons (Fsp3) is 1.00. The molecule has 2 unspecified atom stereocenters. The van der Waals surface area contributed by atoms with Gasteiger partial charge >= 0.3 is 6.18 Å². The predicted octanol–water partition coefficient (Wildman–Crippen LogP) is 0.0522. The Morgan fingerprint density at radius 3 is 2.53 bits per heavy atom. The Morgan fingerprint density at radius 1 is 1.53 bits per heavy atom. The van der Waals surface area contributed by atoms with Crippen LogP contribution in [-0.2, 0) is 10.2 Å². The highest BCUT2D eigenvalue weighted by atomic mass is 32.2. The van der Waals surface area contributed by atoms with Gasteiger partial charge in [0, 0.05) is 19.1 Å². The molecule has 0 saturated carbocycles. The second-order valence-corrected chi connectivity index (χ2v) is 5.96. The molecular weight excluding hydrogens is 259 g/mol. The van der Waals surface area contributed by atoms with Gasteiger partial charge in [0.15, 0.2) is 0 Å². The molecule has 9 heteroatoms. The third-order valence-electron chi connectivity index (χ3n) is 2.73. The monoisotopic (exact) mass is 275 g/mol. The third-order valence-corrected chi connectivity index (χ3v) is 4.25. The Balaban J connectivity index is 2.55. The van der Waals surface area contributed by atoms with Gasteiger partial charge in [-0.05, 0) is 19.3 Å². The Morgan fingerprint density at radius 2 is 2.12 bits per heavy atom. The maximum atomic E-state index is 11.9. The van der Waals surface area contributed by atoms with Crippen LogP contribution in [0.25, 0.3) is 0 Å². The number of halogens is 3. The van der Waals surface area contributed by atoms with Crippen molar-refractivity contribution in [1.29, 1.82) is 0 Å². The molecule has 0 spiro atoms. The third kappa shape index (κ3) is 4.41. The molecule has 1 heterocycles. The van der Waals surface area contributed by atoms with Gasteiger partial charge in [0.25, 0.3) is 10.2 Å². The highest BCUT2D eigenvalue weighted by Gasteiger charge is 2.36. The second-order valence-electron chi connectivity index (χ2n) is 4.21. The van der Waals surface area contributed by atoms with Crippen molar-refractivity contribution in [2.45, 2.75) is 25.6 Å². The summed E-state index contributed by atoms with van der Waals surface area (Å²) in [6.45, 7) is 0.586. The molecule has 0 aromatic heterocycles. The summed E-state index contributed by atoms with van der Waals surface area (Å²) in [6.07, 6.45) is -3.97. The Kier molecular flexibility index (Phi) is 4.39. The fourth-order valence-corrected chi connectivity index (χ4v) is 2.93. The molecule has 102 valence electrons. The van der Waals surface area contributed by atoms with Crippen molar-refractivity contribution in [3.8, 4) is 0 Å². The summed E-state index contributed by atoms with van der Waals surface area (Å²) >= 11 is 0. The topological polar surface area (TPSA) is 75.4 Å². The SMILES string of the molecule is CC(N)C1CCN(S(=O)(=O)NCC(F)(F)F)C1. The first-order valence-corrected chi connectivity index (χ1v) is 6.63. The molecule has 17 heavy (non-hydrogen) atoms. The van der Waals surface area contributed by atoms with Crippen LogP contribution in [0.4, 0.5) is 13.2 Å². The second kappa shape index (κ2) is 5.09. The molecule has 0 aromatic rings. The maximum absolute atomic E-state index is 11.9. The number of nitrogens with one attached hydrogen (secondary N) is 1. The fourth-order valence-electron chi connectivity index (χ4n) is 1.67. The first kappa shape index (κ1) is 14.7. The molecule has 3 N–H and O–H groups in total. The zero-order valence-electron chi connectivity index (χ0n) is 9.37. The molecule has 0 amide bonds. The van der Waals surface area contributed by atoms with Crippen LogP contribution in [0.15, 0.2) is 0 Å². The molecule has 5 nitrogen and oxygen atoms in total. The summed E-state index contributed by atoms with van der Waals surface area (Å²) in [5, 5.41) is 0. The molecule has 0 radical (unpaired) electrons. The maximum Gasteiger partial charge on any atom is 0.402 e. The summed E-state index contributed by atoms with van der Waals surface area (Å²) in [5.41, 5.74) is 5.62. The minimum atomic E-state index is -4.55. The molecule has 1 saturated heterocycles. The first-order valence-electron chi connectivity index (χ1n) is 5.19. The van der Waals surface area contributed by atoms with E-state index in [1.54, 1.807) is 6.92 Å². The number of nitrogens with two attached hydrogens (primary N) is 1. The lowest BCUT2D eigenvalue weighted by atomic mass is 10.0. The lowest BCUT2D eigenvalue weighted by Gasteiger charge is -2.19. The quantitative estimate of drug-likeness (QED) is 0.761. The van der Waals surface area contributed by atoms with Gasteiger partial charge in [-0.15, -0.1) is 0 Å². The summed E-state index contributed by atoms with van der Waals surface area (Å²) < 4.78 is 61.3. The first-order chi connectivity index (χ1) is 7.62. The molecule has 1 fully saturated rings. The summed E-state index contributed by atoms with van der Waals surface area (Å²) in [5.74, 6) is -0.00235. The van der Waals surface area contributed by atoms with Crippen LogP contribution in [0.3, 0.4) is 0 Å². The summed E-state index contributed by atoms with van der Waals surface area (Å²) in [6, 6.07) is -0.169. The van der Waals surface area contributed by atoms with Gasteiger partial charge in [0.1, 0.15) is 6.54 Å². The van der Waals surface area contributed by atoms with E-state index >= 15 is 0 Å². The van der Waals surface area contributed by atoms with E-state index < -0.39 is 22.9 Å². The summed E-state index contributed by atoms with van der Waals surface area (Å²) in [7, 11) is -4.05. The van der Waals surface area contributed by atoms with Gasteiger partial charge < -0.3 is 5.73 Å². The van der Waals surface area contributed by atoms with E-state index in [9.17, 15) is 21.6 Å². The molecule has 1 aliphatic heterocycles. The molecule has 0 aliphatic carbocycles. The van der Waals surface area contributed by atoms with Crippen LogP contribution in [0.1, 0.15) is 13.3 Å². The highest BCUT2D eigenvalue weighted by molar-refractivity contribution is 7.87. The Labute approximate surface area is 98.3 Å². The average Bonchev–Trinajstić information content (AvgIpc) is 2.63. The number of alkyl halides is 3. The molecule has 0 bridgehead atoms. The Bertz CT molecular complexity index is 356. The lowest BCUT2D eigenvalue weighted by Crippen LogP contribution is -2.43. The molecule has 1 rings (SSSR count). The van der Waals surface area contributed by atoms with Crippen LogP contribution in [0, 0.1) is 5.92 Å². The Hall–Kier alpha value is -0.380. The largest absolute Gasteiger partial charge is 0.402 e. The minimum Gasteiger partial charge on any atom is -0.328 e. The standard InChI is InChI=1S/C8H16F3N3O2S/c1-6(12)7-2-3-14(4-7)17(15,16)13-5-8(9,10)11/h6-7,13H,2-5,12H2,1H3. The highest BCUT2D eigenvalue weighted by Crippen LogP contribution is 2.21. The molecule has 0 aromatic carbocycles. The normalized spacial score (nSPS) is 25.1. The van der Waals surface area contributed by atoms with Gasteiger partial charge in [-0.3, -0.25) is 0 Å². The minimum absolute atomic E-state index is 0.00235. The molecule has 1 aliphatic rings. The zero-order chi connectivity index (χ0) is 13.3. The van der Waals surface area contributed by atoms with E-state index in [0.29, 0.717) is 6.42 Å². The van der Waals surface area contributed by atoms with Crippen molar-refractivity contribution in [3.63, 3.8) is 0 Å². The van der Waals surface area contributed by atoms with Gasteiger partial charge in [0.05, 0.1) is 0 Å². The van der Waals surface area contributed by atoms with Crippen LogP contribution in [-0.4, -0.2) is 44.6 Å². The van der Waals surface area contributed by atoms with Crippen LogP contribution >= 0.6 is 0 Å². The van der Waals surface area contributed by atoms with Gasteiger partial charge in [-0.25, -0.2) is 0 Å². The average molecular weight is 275 g/mol. The van der Waals surface area contributed by atoms with E-state index in [2.05, 4.69) is 0 Å². The van der Waals surface area contributed by atoms with Crippen molar-refractivity contribution >= 4 is 10.2 Å². The zero-order valence-corrected chi connectivity index (χ0v) is 10.2. The molecular formula is C8H16F3N3O2S. The van der Waals surface area contributed by atoms with Crippen molar-refractivity contribution < 1.29 is 21.6 Å². The van der Waals surface area contributed by atoms with Gasteiger partial charge in [-0.2, -0.15) is 30.6 Å². The van der Waals surface area contributed by atoms with E-state index in [0.717, 1.165) is 4.31 Å². The van der Waals surface area contributed by atoms with Crippen molar-refractivity contribution in [2.24, 2.45) is 11.7 Å². The number of nitrogens with zero attached hydrogens (tertiary/aromatic N) is 1. The molecule has 2 atom stereocenters. The van der Waals surface area contributed by atoms with Crippen molar-refractivity contribution in [1.82, 2.24) is 9.03 Å². The van der Waals surface area contributed by atoms with Crippen LogP contribution in [0.5, 0.6) is 0 Å². The number of hydrogen-bond donors (Lipinski definition) is 2. The van der Waals surface area contributed by atoms with Crippen molar-refractivity contribution in [2.75, 3.05) is 19.6 Å². The number of hydrogen-bond acceptors (Lipinski definition) is 3. The summed E-state index contributed by atoms with van der Waals surface area (Å²) in [4.78, 5) is 0. The lowest BCUT2D eigenvalue weighted by molar-refractivity contribution is -0.121. The van der Waals surface area contributed by atoms with Gasteiger partial charge in [0.2, 0.25) is 0 Å². The smallest absolute Gasteiger partial charge is 0.328 e. The van der Waals surface area contributed by atoms with Gasteiger partial charge in [-0.1, -0.05) is 0 Å².